The normalized spacial score (nSPS) is 17.3. The fourth-order valence-electron chi connectivity index (χ4n) is 2.49. The summed E-state index contributed by atoms with van der Waals surface area (Å²) in [6.07, 6.45) is 6.24. The van der Waals surface area contributed by atoms with Gasteiger partial charge in [0.1, 0.15) is 0 Å². The third-order valence-corrected chi connectivity index (χ3v) is 3.75. The quantitative estimate of drug-likeness (QED) is 0.372. The first-order valence-electron chi connectivity index (χ1n) is 7.05. The molecule has 0 atom stereocenters. The molecule has 104 valence electrons. The molecule has 0 spiro atoms. The van der Waals surface area contributed by atoms with Crippen molar-refractivity contribution in [1.82, 2.24) is 5.43 Å². The molecule has 1 aromatic rings. The minimum Gasteiger partial charge on any atom is -0.315 e. The minimum absolute atomic E-state index is 0.410. The summed E-state index contributed by atoms with van der Waals surface area (Å²) in [7, 11) is 1.99. The predicted molar refractivity (Wildman–Crippen MR) is 81.2 cm³/mol. The van der Waals surface area contributed by atoms with Crippen LogP contribution < -0.4 is 16.2 Å². The van der Waals surface area contributed by atoms with Crippen molar-refractivity contribution >= 4 is 11.6 Å². The summed E-state index contributed by atoms with van der Waals surface area (Å²) in [6.45, 7) is 2.09. The molecule has 1 aliphatic carbocycles. The summed E-state index contributed by atoms with van der Waals surface area (Å²) in [6, 6.07) is 8.78. The topological polar surface area (TPSA) is 53.6 Å². The molecule has 3 N–H and O–H groups in total. The maximum atomic E-state index is 5.64. The Morgan fingerprint density at radius 2 is 1.84 bits per heavy atom. The van der Waals surface area contributed by atoms with Gasteiger partial charge in [-0.1, -0.05) is 37.0 Å². The molecule has 0 unspecified atom stereocenters. The number of rotatable bonds is 2. The van der Waals surface area contributed by atoms with Crippen LogP contribution >= 0.6 is 0 Å². The smallest absolute Gasteiger partial charge is 0.212 e. The third kappa shape index (κ3) is 3.70. The van der Waals surface area contributed by atoms with Gasteiger partial charge in [-0.05, 0) is 31.9 Å². The maximum absolute atomic E-state index is 5.64. The molecule has 0 amide bonds. The van der Waals surface area contributed by atoms with Crippen molar-refractivity contribution in [1.29, 1.82) is 0 Å². The number of anilines is 1. The van der Waals surface area contributed by atoms with Crippen LogP contribution in [0.1, 0.15) is 37.7 Å². The van der Waals surface area contributed by atoms with Gasteiger partial charge < -0.3 is 4.90 Å². The number of nitrogens with two attached hydrogens (primary N) is 1. The third-order valence-electron chi connectivity index (χ3n) is 3.75. The zero-order valence-corrected chi connectivity index (χ0v) is 11.9. The molecular formula is C15H24N4. The SMILES string of the molecule is Cc1ccc(N(C)C(=NC2CCCCC2)NN)cc1. The Balaban J connectivity index is 2.11. The van der Waals surface area contributed by atoms with Gasteiger partial charge in [0.15, 0.2) is 0 Å². The van der Waals surface area contributed by atoms with Crippen LogP contribution in [0, 0.1) is 6.92 Å². The Morgan fingerprint density at radius 3 is 2.42 bits per heavy atom. The molecule has 1 saturated carbocycles. The van der Waals surface area contributed by atoms with E-state index in [-0.39, 0.29) is 0 Å². The van der Waals surface area contributed by atoms with Gasteiger partial charge in [0.2, 0.25) is 5.96 Å². The Bertz CT molecular complexity index is 418. The van der Waals surface area contributed by atoms with Crippen molar-refractivity contribution in [3.8, 4) is 0 Å². The first-order chi connectivity index (χ1) is 9.20. The van der Waals surface area contributed by atoms with Crippen LogP contribution in [-0.2, 0) is 0 Å². The number of hydrogen-bond donors (Lipinski definition) is 2. The maximum Gasteiger partial charge on any atom is 0.212 e. The Labute approximate surface area is 115 Å². The summed E-state index contributed by atoms with van der Waals surface area (Å²) in [5.41, 5.74) is 5.09. The summed E-state index contributed by atoms with van der Waals surface area (Å²) < 4.78 is 0. The molecule has 0 aliphatic heterocycles. The number of nitrogens with zero attached hydrogens (tertiary/aromatic N) is 2. The van der Waals surface area contributed by atoms with Gasteiger partial charge in [0.25, 0.3) is 0 Å². The van der Waals surface area contributed by atoms with Crippen LogP contribution in [0.15, 0.2) is 29.3 Å². The van der Waals surface area contributed by atoms with E-state index in [0.29, 0.717) is 6.04 Å². The van der Waals surface area contributed by atoms with Crippen LogP contribution in [0.25, 0.3) is 0 Å². The standard InChI is InChI=1S/C15H24N4/c1-12-8-10-14(11-9-12)19(2)15(18-16)17-13-6-4-3-5-7-13/h8-11,13H,3-7,16H2,1-2H3,(H,17,18). The highest BCUT2D eigenvalue weighted by molar-refractivity contribution is 5.95. The molecule has 0 heterocycles. The molecule has 1 fully saturated rings. The van der Waals surface area contributed by atoms with Crippen LogP contribution in [0.4, 0.5) is 5.69 Å². The summed E-state index contributed by atoms with van der Waals surface area (Å²) in [5.74, 6) is 6.38. The lowest BCUT2D eigenvalue weighted by molar-refractivity contribution is 0.442. The predicted octanol–water partition coefficient (Wildman–Crippen LogP) is 2.58. The van der Waals surface area contributed by atoms with Gasteiger partial charge in [0.05, 0.1) is 6.04 Å². The van der Waals surface area contributed by atoms with Crippen molar-refractivity contribution in [3.63, 3.8) is 0 Å². The van der Waals surface area contributed by atoms with E-state index in [2.05, 4.69) is 36.6 Å². The van der Waals surface area contributed by atoms with E-state index < -0.39 is 0 Å². The minimum atomic E-state index is 0.410. The van der Waals surface area contributed by atoms with E-state index >= 15 is 0 Å². The molecular weight excluding hydrogens is 236 g/mol. The molecule has 4 nitrogen and oxygen atoms in total. The van der Waals surface area contributed by atoms with Crippen molar-refractivity contribution in [2.24, 2.45) is 10.8 Å². The molecule has 1 aromatic carbocycles. The second kappa shape index (κ2) is 6.57. The number of benzene rings is 1. The van der Waals surface area contributed by atoms with E-state index in [1.807, 2.05) is 11.9 Å². The van der Waals surface area contributed by atoms with Crippen LogP contribution in [-0.4, -0.2) is 19.0 Å². The summed E-state index contributed by atoms with van der Waals surface area (Å²) in [4.78, 5) is 6.77. The van der Waals surface area contributed by atoms with E-state index in [1.165, 1.54) is 37.7 Å². The van der Waals surface area contributed by atoms with Crippen LogP contribution in [0.5, 0.6) is 0 Å². The summed E-state index contributed by atoms with van der Waals surface area (Å²) >= 11 is 0. The van der Waals surface area contributed by atoms with E-state index in [4.69, 9.17) is 10.8 Å². The molecule has 0 saturated heterocycles. The van der Waals surface area contributed by atoms with Gasteiger partial charge in [-0.3, -0.25) is 5.43 Å². The van der Waals surface area contributed by atoms with Crippen LogP contribution in [0.3, 0.4) is 0 Å². The van der Waals surface area contributed by atoms with Crippen molar-refractivity contribution in [2.75, 3.05) is 11.9 Å². The Hall–Kier alpha value is -1.55. The van der Waals surface area contributed by atoms with E-state index in [9.17, 15) is 0 Å². The molecule has 4 heteroatoms. The van der Waals surface area contributed by atoms with Crippen molar-refractivity contribution in [3.05, 3.63) is 29.8 Å². The summed E-state index contributed by atoms with van der Waals surface area (Å²) in [5, 5.41) is 0. The van der Waals surface area contributed by atoms with Gasteiger partial charge in [-0.25, -0.2) is 10.8 Å². The second-order valence-electron chi connectivity index (χ2n) is 5.28. The molecule has 0 radical (unpaired) electrons. The number of hydrazine groups is 1. The number of guanidine groups is 1. The fraction of sp³-hybridized carbons (Fsp3) is 0.533. The molecule has 0 aromatic heterocycles. The fourth-order valence-corrected chi connectivity index (χ4v) is 2.49. The first kappa shape index (κ1) is 13.9. The lowest BCUT2D eigenvalue weighted by Gasteiger charge is -2.24. The number of aliphatic imine (C=N–C) groups is 1. The van der Waals surface area contributed by atoms with Gasteiger partial charge >= 0.3 is 0 Å². The monoisotopic (exact) mass is 260 g/mol. The highest BCUT2D eigenvalue weighted by atomic mass is 15.4. The zero-order valence-electron chi connectivity index (χ0n) is 11.9. The van der Waals surface area contributed by atoms with Crippen molar-refractivity contribution in [2.45, 2.75) is 45.1 Å². The molecule has 0 bridgehead atoms. The first-order valence-corrected chi connectivity index (χ1v) is 7.05. The van der Waals surface area contributed by atoms with Crippen molar-refractivity contribution < 1.29 is 0 Å². The number of nitrogens with one attached hydrogen (secondary N) is 1. The average Bonchev–Trinajstić information content (AvgIpc) is 2.46. The molecule has 19 heavy (non-hydrogen) atoms. The lowest BCUT2D eigenvalue weighted by atomic mass is 9.96. The lowest BCUT2D eigenvalue weighted by Crippen LogP contribution is -2.43. The highest BCUT2D eigenvalue weighted by Crippen LogP contribution is 2.21. The van der Waals surface area contributed by atoms with Gasteiger partial charge in [0, 0.05) is 12.7 Å². The van der Waals surface area contributed by atoms with Gasteiger partial charge in [-0.15, -0.1) is 0 Å². The van der Waals surface area contributed by atoms with E-state index in [0.717, 1.165) is 11.6 Å². The Morgan fingerprint density at radius 1 is 1.21 bits per heavy atom. The van der Waals surface area contributed by atoms with Gasteiger partial charge in [-0.2, -0.15) is 0 Å². The number of hydrogen-bond acceptors (Lipinski definition) is 2. The molecule has 2 rings (SSSR count). The number of aryl methyl sites for hydroxylation is 1. The van der Waals surface area contributed by atoms with Crippen LogP contribution in [0.2, 0.25) is 0 Å². The van der Waals surface area contributed by atoms with E-state index in [1.54, 1.807) is 0 Å². The largest absolute Gasteiger partial charge is 0.315 e. The molecule has 1 aliphatic rings. The Kier molecular flexibility index (Phi) is 4.80. The highest BCUT2D eigenvalue weighted by Gasteiger charge is 2.15. The second-order valence-corrected chi connectivity index (χ2v) is 5.28. The zero-order chi connectivity index (χ0) is 13.7. The average molecular weight is 260 g/mol.